The summed E-state index contributed by atoms with van der Waals surface area (Å²) in [5, 5.41) is 1.27. The Hall–Kier alpha value is -2.85. The van der Waals surface area contributed by atoms with Gasteiger partial charge in [-0.25, -0.2) is 9.97 Å². The zero-order valence-electron chi connectivity index (χ0n) is 13.0. The largest absolute Gasteiger partial charge is 0.497 e. The summed E-state index contributed by atoms with van der Waals surface area (Å²) in [4.78, 5) is 8.60. The van der Waals surface area contributed by atoms with Crippen molar-refractivity contribution in [2.24, 2.45) is 0 Å². The topological polar surface area (TPSA) is 39.9 Å². The maximum atomic E-state index is 6.39. The summed E-state index contributed by atoms with van der Waals surface area (Å²) >= 11 is 6.39. The molecular formula is C19H14ClN3O. The molecule has 4 nitrogen and oxygen atoms in total. The van der Waals surface area contributed by atoms with E-state index in [2.05, 4.69) is 9.97 Å². The number of rotatable bonds is 3. The molecule has 4 aromatic rings. The van der Waals surface area contributed by atoms with E-state index >= 15 is 0 Å². The molecule has 24 heavy (non-hydrogen) atoms. The van der Waals surface area contributed by atoms with Crippen LogP contribution in [0.4, 0.5) is 0 Å². The quantitative estimate of drug-likeness (QED) is 0.507. The van der Waals surface area contributed by atoms with E-state index in [0.717, 1.165) is 33.6 Å². The van der Waals surface area contributed by atoms with Crippen molar-refractivity contribution in [1.82, 2.24) is 14.5 Å². The van der Waals surface area contributed by atoms with Crippen LogP contribution >= 0.6 is 11.6 Å². The number of benzene rings is 2. The van der Waals surface area contributed by atoms with Gasteiger partial charge in [-0.05, 0) is 29.8 Å². The summed E-state index contributed by atoms with van der Waals surface area (Å²) in [6.45, 7) is 0. The zero-order chi connectivity index (χ0) is 16.5. The fourth-order valence-electron chi connectivity index (χ4n) is 2.82. The second-order valence-corrected chi connectivity index (χ2v) is 5.70. The Morgan fingerprint density at radius 1 is 1.00 bits per heavy atom. The van der Waals surface area contributed by atoms with Crippen molar-refractivity contribution in [2.45, 2.75) is 0 Å². The van der Waals surface area contributed by atoms with Gasteiger partial charge in [0.2, 0.25) is 0 Å². The molecule has 0 radical (unpaired) electrons. The number of halogens is 1. The molecule has 0 aliphatic heterocycles. The van der Waals surface area contributed by atoms with E-state index in [1.54, 1.807) is 7.11 Å². The van der Waals surface area contributed by atoms with Gasteiger partial charge in [-0.3, -0.25) is 0 Å². The fraction of sp³-hybridized carbons (Fsp3) is 0.0526. The normalized spacial score (nSPS) is 10.9. The van der Waals surface area contributed by atoms with Gasteiger partial charge in [0.25, 0.3) is 0 Å². The minimum atomic E-state index is 0.438. The molecule has 0 aliphatic carbocycles. The molecule has 0 N–H and O–H groups in total. The van der Waals surface area contributed by atoms with Crippen LogP contribution in [-0.4, -0.2) is 21.6 Å². The number of methoxy groups -OCH3 is 1. The van der Waals surface area contributed by atoms with Crippen LogP contribution < -0.4 is 4.74 Å². The average Bonchev–Trinajstić information content (AvgIpc) is 3.04. The highest BCUT2D eigenvalue weighted by Crippen LogP contribution is 2.36. The predicted octanol–water partition coefficient (Wildman–Crippen LogP) is 4.75. The highest BCUT2D eigenvalue weighted by atomic mass is 35.5. The van der Waals surface area contributed by atoms with Crippen molar-refractivity contribution < 1.29 is 4.74 Å². The van der Waals surface area contributed by atoms with E-state index in [0.29, 0.717) is 5.15 Å². The molecular weight excluding hydrogens is 322 g/mol. The van der Waals surface area contributed by atoms with Crippen LogP contribution in [0.5, 0.6) is 5.75 Å². The van der Waals surface area contributed by atoms with Crippen molar-refractivity contribution in [3.05, 3.63) is 72.3 Å². The van der Waals surface area contributed by atoms with Gasteiger partial charge in [-0.2, -0.15) is 0 Å². The van der Waals surface area contributed by atoms with Gasteiger partial charge in [0.05, 0.1) is 12.5 Å². The van der Waals surface area contributed by atoms with E-state index < -0.39 is 0 Å². The summed E-state index contributed by atoms with van der Waals surface area (Å²) in [5.74, 6) is 0.793. The molecule has 2 aromatic heterocycles. The molecule has 0 fully saturated rings. The molecule has 4 rings (SSSR count). The van der Waals surface area contributed by atoms with E-state index in [1.807, 2.05) is 65.4 Å². The molecule has 0 amide bonds. The molecule has 0 unspecified atom stereocenters. The first kappa shape index (κ1) is 14.7. The summed E-state index contributed by atoms with van der Waals surface area (Å²) in [6, 6.07) is 17.9. The van der Waals surface area contributed by atoms with Gasteiger partial charge in [0, 0.05) is 17.4 Å². The number of ether oxygens (including phenoxy) is 1. The number of nitrogens with zero attached hydrogens (tertiary/aromatic N) is 3. The molecule has 2 aromatic carbocycles. The van der Waals surface area contributed by atoms with Crippen molar-refractivity contribution in [2.75, 3.05) is 7.11 Å². The van der Waals surface area contributed by atoms with Crippen LogP contribution in [-0.2, 0) is 0 Å². The lowest BCUT2D eigenvalue weighted by Crippen LogP contribution is -1.93. The van der Waals surface area contributed by atoms with Crippen LogP contribution in [0, 0.1) is 0 Å². The standard InChI is InChI=1S/C19H14ClN3O/c1-24-15-9-5-6-13(10-15)16-11-23(14-7-3-2-4-8-14)19-17(16)18(20)21-12-22-19/h2-12H,1H3. The van der Waals surface area contributed by atoms with Crippen molar-refractivity contribution >= 4 is 22.6 Å². The van der Waals surface area contributed by atoms with Gasteiger partial charge in [-0.1, -0.05) is 41.9 Å². The first-order valence-corrected chi connectivity index (χ1v) is 7.87. The first-order chi connectivity index (χ1) is 11.8. The number of fused-ring (bicyclic) bond motifs is 1. The Labute approximate surface area is 144 Å². The third-order valence-corrected chi connectivity index (χ3v) is 4.24. The number of hydrogen-bond acceptors (Lipinski definition) is 3. The van der Waals surface area contributed by atoms with Crippen LogP contribution in [0.25, 0.3) is 27.8 Å². The van der Waals surface area contributed by atoms with E-state index in [4.69, 9.17) is 16.3 Å². The van der Waals surface area contributed by atoms with Crippen molar-refractivity contribution in [1.29, 1.82) is 0 Å². The molecule has 0 saturated heterocycles. The smallest absolute Gasteiger partial charge is 0.150 e. The van der Waals surface area contributed by atoms with Crippen LogP contribution in [0.2, 0.25) is 5.15 Å². The van der Waals surface area contributed by atoms with Crippen molar-refractivity contribution in [3.8, 4) is 22.6 Å². The maximum absolute atomic E-state index is 6.39. The molecule has 0 bridgehead atoms. The summed E-state index contributed by atoms with van der Waals surface area (Å²) in [5.41, 5.74) is 3.77. The van der Waals surface area contributed by atoms with Gasteiger partial charge in [0.15, 0.2) is 0 Å². The highest BCUT2D eigenvalue weighted by Gasteiger charge is 2.16. The average molecular weight is 336 g/mol. The first-order valence-electron chi connectivity index (χ1n) is 7.49. The lowest BCUT2D eigenvalue weighted by atomic mass is 10.1. The van der Waals surface area contributed by atoms with Crippen molar-refractivity contribution in [3.63, 3.8) is 0 Å². The summed E-state index contributed by atoms with van der Waals surface area (Å²) in [6.07, 6.45) is 3.52. The maximum Gasteiger partial charge on any atom is 0.150 e. The Morgan fingerprint density at radius 2 is 1.83 bits per heavy atom. The van der Waals surface area contributed by atoms with Gasteiger partial charge >= 0.3 is 0 Å². The fourth-order valence-corrected chi connectivity index (χ4v) is 3.05. The summed E-state index contributed by atoms with van der Waals surface area (Å²) < 4.78 is 7.36. The molecule has 5 heteroatoms. The monoisotopic (exact) mass is 335 g/mol. The highest BCUT2D eigenvalue weighted by molar-refractivity contribution is 6.35. The second kappa shape index (κ2) is 5.98. The van der Waals surface area contributed by atoms with Crippen LogP contribution in [0.15, 0.2) is 67.1 Å². The molecule has 0 atom stereocenters. The molecule has 0 saturated carbocycles. The molecule has 118 valence electrons. The minimum absolute atomic E-state index is 0.438. The van der Waals surface area contributed by atoms with E-state index in [1.165, 1.54) is 6.33 Å². The second-order valence-electron chi connectivity index (χ2n) is 5.34. The zero-order valence-corrected chi connectivity index (χ0v) is 13.7. The van der Waals surface area contributed by atoms with Gasteiger partial charge in [0.1, 0.15) is 22.9 Å². The number of para-hydroxylation sites is 1. The van der Waals surface area contributed by atoms with E-state index in [-0.39, 0.29) is 0 Å². The Balaban J connectivity index is 2.02. The lowest BCUT2D eigenvalue weighted by molar-refractivity contribution is 0.415. The predicted molar refractivity (Wildman–Crippen MR) is 95.9 cm³/mol. The third kappa shape index (κ3) is 2.41. The number of hydrogen-bond donors (Lipinski definition) is 0. The molecule has 0 aliphatic rings. The summed E-state index contributed by atoms with van der Waals surface area (Å²) in [7, 11) is 1.66. The Kier molecular flexibility index (Phi) is 3.67. The number of aromatic nitrogens is 3. The van der Waals surface area contributed by atoms with Crippen LogP contribution in [0.1, 0.15) is 0 Å². The SMILES string of the molecule is COc1cccc(-c2cn(-c3ccccc3)c3ncnc(Cl)c23)c1. The molecule has 0 spiro atoms. The Bertz CT molecular complexity index is 1010. The molecule has 2 heterocycles. The van der Waals surface area contributed by atoms with Crippen LogP contribution in [0.3, 0.4) is 0 Å². The van der Waals surface area contributed by atoms with Gasteiger partial charge < -0.3 is 9.30 Å². The van der Waals surface area contributed by atoms with E-state index in [9.17, 15) is 0 Å². The Morgan fingerprint density at radius 3 is 2.62 bits per heavy atom. The van der Waals surface area contributed by atoms with Gasteiger partial charge in [-0.15, -0.1) is 0 Å². The third-order valence-electron chi connectivity index (χ3n) is 3.95. The minimum Gasteiger partial charge on any atom is -0.497 e. The lowest BCUT2D eigenvalue weighted by Gasteiger charge is -2.03.